The summed E-state index contributed by atoms with van der Waals surface area (Å²) >= 11 is 0. The Morgan fingerprint density at radius 1 is 1.08 bits per heavy atom. The molecule has 5 nitrogen and oxygen atoms in total. The van der Waals surface area contributed by atoms with Crippen molar-refractivity contribution in [3.8, 4) is 11.5 Å². The topological polar surface area (TPSA) is 43.3 Å². The van der Waals surface area contributed by atoms with Gasteiger partial charge >= 0.3 is 0 Å². The molecule has 0 aliphatic carbocycles. The Balaban J connectivity index is 1.69. The highest BCUT2D eigenvalue weighted by atomic mass is 16.5. The number of benzene rings is 2. The molecule has 0 bridgehead atoms. The van der Waals surface area contributed by atoms with Gasteiger partial charge in [0, 0.05) is 25.0 Å². The molecule has 132 valence electrons. The maximum absolute atomic E-state index is 5.53. The highest BCUT2D eigenvalue weighted by molar-refractivity contribution is 5.83. The van der Waals surface area contributed by atoms with Gasteiger partial charge in [0.1, 0.15) is 0 Å². The fraction of sp³-hybridized carbons (Fsp3) is 0.350. The molecule has 1 heterocycles. The highest BCUT2D eigenvalue weighted by Gasteiger charge is 2.10. The first-order valence-electron chi connectivity index (χ1n) is 8.58. The van der Waals surface area contributed by atoms with E-state index < -0.39 is 0 Å². The van der Waals surface area contributed by atoms with E-state index in [-0.39, 0.29) is 0 Å². The van der Waals surface area contributed by atoms with Crippen LogP contribution >= 0.6 is 0 Å². The molecule has 0 unspecified atom stereocenters. The van der Waals surface area contributed by atoms with Crippen molar-refractivity contribution < 1.29 is 14.2 Å². The Kier molecular flexibility index (Phi) is 5.90. The van der Waals surface area contributed by atoms with Crippen LogP contribution in [0.2, 0.25) is 0 Å². The van der Waals surface area contributed by atoms with Crippen LogP contribution in [0, 0.1) is 0 Å². The average Bonchev–Trinajstić information content (AvgIpc) is 2.68. The van der Waals surface area contributed by atoms with E-state index in [0.29, 0.717) is 12.4 Å². The van der Waals surface area contributed by atoms with Crippen molar-refractivity contribution in [1.82, 2.24) is 0 Å². The van der Waals surface area contributed by atoms with Crippen molar-refractivity contribution in [1.29, 1.82) is 0 Å². The monoisotopic (exact) mass is 340 g/mol. The van der Waals surface area contributed by atoms with E-state index >= 15 is 0 Å². The first-order chi connectivity index (χ1) is 12.3. The summed E-state index contributed by atoms with van der Waals surface area (Å²) in [5, 5.41) is 0. The lowest BCUT2D eigenvalue weighted by atomic mass is 10.2. The zero-order chi connectivity index (χ0) is 17.5. The molecule has 25 heavy (non-hydrogen) atoms. The van der Waals surface area contributed by atoms with Gasteiger partial charge in [-0.2, -0.15) is 0 Å². The van der Waals surface area contributed by atoms with Crippen LogP contribution in [0.5, 0.6) is 11.5 Å². The summed E-state index contributed by atoms with van der Waals surface area (Å²) in [6.45, 7) is 6.02. The van der Waals surface area contributed by atoms with Crippen LogP contribution in [-0.4, -0.2) is 46.2 Å². The van der Waals surface area contributed by atoms with Crippen LogP contribution in [0.3, 0.4) is 0 Å². The minimum absolute atomic E-state index is 0.610. The number of methoxy groups -OCH3 is 1. The van der Waals surface area contributed by atoms with Crippen molar-refractivity contribution in [3.05, 3.63) is 48.0 Å². The van der Waals surface area contributed by atoms with Crippen LogP contribution in [0.1, 0.15) is 12.5 Å². The van der Waals surface area contributed by atoms with Gasteiger partial charge in [-0.15, -0.1) is 0 Å². The second-order valence-electron chi connectivity index (χ2n) is 5.72. The van der Waals surface area contributed by atoms with Gasteiger partial charge in [-0.3, -0.25) is 4.99 Å². The molecule has 0 spiro atoms. The van der Waals surface area contributed by atoms with Gasteiger partial charge in [0.15, 0.2) is 11.5 Å². The smallest absolute Gasteiger partial charge is 0.161 e. The molecular formula is C20H24N2O3. The lowest BCUT2D eigenvalue weighted by Gasteiger charge is -2.28. The summed E-state index contributed by atoms with van der Waals surface area (Å²) in [4.78, 5) is 6.88. The summed E-state index contributed by atoms with van der Waals surface area (Å²) in [6.07, 6.45) is 1.84. The molecule has 0 radical (unpaired) electrons. The molecule has 1 aliphatic heterocycles. The van der Waals surface area contributed by atoms with Crippen LogP contribution in [0.4, 0.5) is 11.4 Å². The molecule has 0 N–H and O–H groups in total. The molecule has 0 amide bonds. The third-order valence-electron chi connectivity index (χ3n) is 4.08. The Bertz CT molecular complexity index is 707. The van der Waals surface area contributed by atoms with E-state index in [2.05, 4.69) is 22.0 Å². The molecule has 1 saturated heterocycles. The predicted molar refractivity (Wildman–Crippen MR) is 101 cm³/mol. The van der Waals surface area contributed by atoms with Gasteiger partial charge in [-0.25, -0.2) is 0 Å². The first-order valence-corrected chi connectivity index (χ1v) is 8.58. The first kappa shape index (κ1) is 17.3. The standard InChI is InChI=1S/C20H24N2O3/c1-3-25-19-9-4-16(14-20(19)23-2)15-21-17-5-7-18(8-6-17)22-10-12-24-13-11-22/h4-9,14-15H,3,10-13H2,1-2H3. The Morgan fingerprint density at radius 2 is 1.84 bits per heavy atom. The van der Waals surface area contributed by atoms with Gasteiger partial charge in [0.05, 0.1) is 32.6 Å². The fourth-order valence-corrected chi connectivity index (χ4v) is 2.76. The zero-order valence-corrected chi connectivity index (χ0v) is 14.8. The number of hydrogen-bond acceptors (Lipinski definition) is 5. The molecular weight excluding hydrogens is 316 g/mol. The highest BCUT2D eigenvalue weighted by Crippen LogP contribution is 2.28. The average molecular weight is 340 g/mol. The van der Waals surface area contributed by atoms with E-state index in [1.54, 1.807) is 7.11 Å². The number of rotatable bonds is 6. The fourth-order valence-electron chi connectivity index (χ4n) is 2.76. The Labute approximate surface area is 148 Å². The number of hydrogen-bond donors (Lipinski definition) is 0. The second-order valence-corrected chi connectivity index (χ2v) is 5.72. The van der Waals surface area contributed by atoms with E-state index in [9.17, 15) is 0 Å². The number of aliphatic imine (C=N–C) groups is 1. The van der Waals surface area contributed by atoms with Crippen molar-refractivity contribution in [2.75, 3.05) is 44.9 Å². The molecule has 5 heteroatoms. The summed E-state index contributed by atoms with van der Waals surface area (Å²) in [7, 11) is 1.64. The third-order valence-corrected chi connectivity index (χ3v) is 4.08. The minimum Gasteiger partial charge on any atom is -0.493 e. The number of anilines is 1. The van der Waals surface area contributed by atoms with Crippen molar-refractivity contribution in [2.45, 2.75) is 6.92 Å². The van der Waals surface area contributed by atoms with E-state index in [0.717, 1.165) is 43.3 Å². The van der Waals surface area contributed by atoms with Gasteiger partial charge < -0.3 is 19.1 Å². The van der Waals surface area contributed by atoms with Crippen LogP contribution in [0.25, 0.3) is 0 Å². The van der Waals surface area contributed by atoms with Crippen LogP contribution in [0.15, 0.2) is 47.5 Å². The number of morpholine rings is 1. The molecule has 3 rings (SSSR count). The summed E-state index contributed by atoms with van der Waals surface area (Å²) in [6, 6.07) is 14.1. The van der Waals surface area contributed by atoms with E-state index in [1.807, 2.05) is 43.5 Å². The number of nitrogens with zero attached hydrogens (tertiary/aromatic N) is 2. The minimum atomic E-state index is 0.610. The summed E-state index contributed by atoms with van der Waals surface area (Å²) < 4.78 is 16.3. The third kappa shape index (κ3) is 4.51. The molecule has 1 fully saturated rings. The molecule has 2 aromatic carbocycles. The quantitative estimate of drug-likeness (QED) is 0.753. The lowest BCUT2D eigenvalue weighted by Crippen LogP contribution is -2.36. The number of ether oxygens (including phenoxy) is 3. The van der Waals surface area contributed by atoms with Crippen LogP contribution in [-0.2, 0) is 4.74 Å². The summed E-state index contributed by atoms with van der Waals surface area (Å²) in [5.74, 6) is 1.46. The normalized spacial score (nSPS) is 14.7. The summed E-state index contributed by atoms with van der Waals surface area (Å²) in [5.41, 5.74) is 3.10. The molecule has 0 atom stereocenters. The van der Waals surface area contributed by atoms with Crippen molar-refractivity contribution in [2.24, 2.45) is 4.99 Å². The van der Waals surface area contributed by atoms with Crippen LogP contribution < -0.4 is 14.4 Å². The molecule has 1 aliphatic rings. The van der Waals surface area contributed by atoms with Gasteiger partial charge in [0.2, 0.25) is 0 Å². The maximum Gasteiger partial charge on any atom is 0.161 e. The van der Waals surface area contributed by atoms with Crippen molar-refractivity contribution in [3.63, 3.8) is 0 Å². The Hall–Kier alpha value is -2.53. The SMILES string of the molecule is CCOc1ccc(C=Nc2ccc(N3CCOCC3)cc2)cc1OC. The predicted octanol–water partition coefficient (Wildman–Crippen LogP) is 3.68. The van der Waals surface area contributed by atoms with Crippen molar-refractivity contribution >= 4 is 17.6 Å². The second kappa shape index (κ2) is 8.53. The lowest BCUT2D eigenvalue weighted by molar-refractivity contribution is 0.122. The maximum atomic E-state index is 5.53. The Morgan fingerprint density at radius 3 is 2.52 bits per heavy atom. The molecule has 0 aromatic heterocycles. The van der Waals surface area contributed by atoms with E-state index in [4.69, 9.17) is 14.2 Å². The van der Waals surface area contributed by atoms with Gasteiger partial charge in [-0.1, -0.05) is 0 Å². The molecule has 2 aromatic rings. The molecule has 0 saturated carbocycles. The largest absolute Gasteiger partial charge is 0.493 e. The zero-order valence-electron chi connectivity index (χ0n) is 14.8. The van der Waals surface area contributed by atoms with Gasteiger partial charge in [0.25, 0.3) is 0 Å². The van der Waals surface area contributed by atoms with E-state index in [1.165, 1.54) is 5.69 Å². The van der Waals surface area contributed by atoms with Gasteiger partial charge in [-0.05, 0) is 55.0 Å².